The van der Waals surface area contributed by atoms with E-state index in [2.05, 4.69) is 40.8 Å². The number of hydrogen-bond acceptors (Lipinski definition) is 6. The Hall–Kier alpha value is -3.60. The van der Waals surface area contributed by atoms with Crippen LogP contribution in [0.1, 0.15) is 64.5 Å². The Labute approximate surface area is 206 Å². The maximum Gasteiger partial charge on any atom is 0.410 e. The first-order chi connectivity index (χ1) is 16.7. The van der Waals surface area contributed by atoms with E-state index in [4.69, 9.17) is 16.1 Å². The van der Waals surface area contributed by atoms with Gasteiger partial charge in [0.2, 0.25) is 0 Å². The zero-order valence-corrected chi connectivity index (χ0v) is 21.0. The highest BCUT2D eigenvalue weighted by atomic mass is 16.6. The van der Waals surface area contributed by atoms with Crippen molar-refractivity contribution in [1.82, 2.24) is 24.4 Å². The summed E-state index contributed by atoms with van der Waals surface area (Å²) in [7, 11) is 0. The third-order valence-corrected chi connectivity index (χ3v) is 6.65. The molecule has 1 saturated carbocycles. The molecular weight excluding hydrogens is 440 g/mol. The number of anilines is 1. The van der Waals surface area contributed by atoms with E-state index in [-0.39, 0.29) is 18.2 Å². The predicted molar refractivity (Wildman–Crippen MR) is 136 cm³/mol. The van der Waals surface area contributed by atoms with E-state index in [9.17, 15) is 4.79 Å². The average molecular weight is 473 g/mol. The van der Waals surface area contributed by atoms with Gasteiger partial charge in [-0.05, 0) is 71.1 Å². The van der Waals surface area contributed by atoms with Crippen molar-refractivity contribution in [3.63, 3.8) is 0 Å². The number of rotatable bonds is 3. The van der Waals surface area contributed by atoms with Crippen molar-refractivity contribution < 1.29 is 9.53 Å². The van der Waals surface area contributed by atoms with Crippen molar-refractivity contribution in [1.29, 1.82) is 0 Å². The zero-order chi connectivity index (χ0) is 24.9. The van der Waals surface area contributed by atoms with Crippen molar-refractivity contribution in [2.45, 2.75) is 71.1 Å². The van der Waals surface area contributed by atoms with Crippen LogP contribution in [0.5, 0.6) is 0 Å². The van der Waals surface area contributed by atoms with Crippen LogP contribution >= 0.6 is 0 Å². The molecule has 8 heteroatoms. The normalized spacial score (nSPS) is 20.7. The second-order valence-corrected chi connectivity index (χ2v) is 10.7. The Bertz CT molecular complexity index is 1310. The number of aromatic nitrogens is 4. The fourth-order valence-electron chi connectivity index (χ4n) is 4.81. The number of fused-ring (bicyclic) bond motifs is 1. The van der Waals surface area contributed by atoms with Crippen LogP contribution in [0, 0.1) is 12.3 Å². The molecule has 3 aromatic heterocycles. The summed E-state index contributed by atoms with van der Waals surface area (Å²) >= 11 is 0. The lowest BCUT2D eigenvalue weighted by Crippen LogP contribution is -2.59. The summed E-state index contributed by atoms with van der Waals surface area (Å²) in [6.45, 7) is 11.1. The quantitative estimate of drug-likeness (QED) is 0.522. The van der Waals surface area contributed by atoms with E-state index in [1.807, 2.05) is 42.4 Å². The highest BCUT2D eigenvalue weighted by molar-refractivity contribution is 5.93. The van der Waals surface area contributed by atoms with Crippen molar-refractivity contribution in [2.24, 2.45) is 0 Å². The van der Waals surface area contributed by atoms with E-state index >= 15 is 0 Å². The fraction of sp³-hybridized carbons (Fsp3) is 0.481. The van der Waals surface area contributed by atoms with Crippen LogP contribution in [-0.2, 0) is 4.74 Å². The molecule has 2 aliphatic rings. The van der Waals surface area contributed by atoms with Gasteiger partial charge in [0, 0.05) is 43.1 Å². The Morgan fingerprint density at radius 2 is 1.91 bits per heavy atom. The van der Waals surface area contributed by atoms with Gasteiger partial charge >= 0.3 is 6.09 Å². The summed E-state index contributed by atoms with van der Waals surface area (Å²) in [4.78, 5) is 31.0. The highest BCUT2D eigenvalue weighted by Crippen LogP contribution is 2.46. The molecule has 0 spiro atoms. The number of pyridine rings is 1. The van der Waals surface area contributed by atoms with Gasteiger partial charge in [0.1, 0.15) is 23.6 Å². The highest BCUT2D eigenvalue weighted by Gasteiger charge is 2.37. The van der Waals surface area contributed by atoms with Crippen LogP contribution in [0.2, 0.25) is 0 Å². The molecular formula is C27H32N6O2. The van der Waals surface area contributed by atoms with Gasteiger partial charge in [-0.2, -0.15) is 0 Å². The number of ether oxygens (including phenoxy) is 1. The van der Waals surface area contributed by atoms with Gasteiger partial charge in [0.15, 0.2) is 5.65 Å². The standard InChI is InChI=1S/C27H32N6O2/c1-7-19-10-11-28-22(12-19)33-15-21(20-8-9-20)23-24(29-16-30-25(23)33)31-13-18(3)32(14-17(31)2)26(34)35-27(4,5)6/h1,10-12,15-18,20H,8-9,13-14H2,2-6H3/t17-,18+/m0/s1. The number of carbonyl (C=O) groups is 1. The third-order valence-electron chi connectivity index (χ3n) is 6.65. The summed E-state index contributed by atoms with van der Waals surface area (Å²) in [6.07, 6.45) is 13.2. The number of terminal acetylenes is 1. The third kappa shape index (κ3) is 4.43. The monoisotopic (exact) mass is 472 g/mol. The molecule has 0 aromatic carbocycles. The summed E-state index contributed by atoms with van der Waals surface area (Å²) in [5.41, 5.74) is 2.33. The van der Waals surface area contributed by atoms with Crippen LogP contribution in [0.15, 0.2) is 30.9 Å². The Morgan fingerprint density at radius 1 is 1.14 bits per heavy atom. The number of piperazine rings is 1. The molecule has 1 saturated heterocycles. The van der Waals surface area contributed by atoms with Crippen molar-refractivity contribution >= 4 is 22.9 Å². The minimum Gasteiger partial charge on any atom is -0.444 e. The van der Waals surface area contributed by atoms with Crippen molar-refractivity contribution in [3.8, 4) is 18.2 Å². The smallest absolute Gasteiger partial charge is 0.410 e. The summed E-state index contributed by atoms with van der Waals surface area (Å²) in [6, 6.07) is 3.77. The molecule has 0 N–H and O–H groups in total. The molecule has 0 radical (unpaired) electrons. The Morgan fingerprint density at radius 3 is 2.60 bits per heavy atom. The maximum atomic E-state index is 12.8. The lowest BCUT2D eigenvalue weighted by Gasteiger charge is -2.44. The second kappa shape index (κ2) is 8.56. The zero-order valence-electron chi connectivity index (χ0n) is 21.0. The lowest BCUT2D eigenvalue weighted by molar-refractivity contribution is 0.0130. The number of nitrogens with zero attached hydrogens (tertiary/aromatic N) is 6. The van der Waals surface area contributed by atoms with Crippen molar-refractivity contribution in [2.75, 3.05) is 18.0 Å². The minimum absolute atomic E-state index is 0.0218. The first kappa shape index (κ1) is 23.2. The molecule has 35 heavy (non-hydrogen) atoms. The molecule has 2 atom stereocenters. The minimum atomic E-state index is -0.525. The van der Waals surface area contributed by atoms with Crippen LogP contribution in [0.4, 0.5) is 10.6 Å². The van der Waals surface area contributed by atoms with E-state index < -0.39 is 5.60 Å². The molecule has 1 amide bonds. The molecule has 3 aromatic rings. The lowest BCUT2D eigenvalue weighted by atomic mass is 10.1. The first-order valence-corrected chi connectivity index (χ1v) is 12.2. The fourth-order valence-corrected chi connectivity index (χ4v) is 4.81. The second-order valence-electron chi connectivity index (χ2n) is 10.7. The van der Waals surface area contributed by atoms with Gasteiger partial charge in [0.25, 0.3) is 0 Å². The topological polar surface area (TPSA) is 76.4 Å². The molecule has 1 aliphatic heterocycles. The molecule has 0 bridgehead atoms. The summed E-state index contributed by atoms with van der Waals surface area (Å²) < 4.78 is 7.68. The van der Waals surface area contributed by atoms with Crippen molar-refractivity contribution in [3.05, 3.63) is 42.0 Å². The number of carbonyl (C=O) groups excluding carboxylic acids is 1. The average Bonchev–Trinajstić information content (AvgIpc) is 3.58. The van der Waals surface area contributed by atoms with E-state index in [1.54, 1.807) is 12.5 Å². The van der Waals surface area contributed by atoms with Crippen LogP contribution in [0.3, 0.4) is 0 Å². The van der Waals surface area contributed by atoms with Crippen LogP contribution < -0.4 is 4.90 Å². The molecule has 182 valence electrons. The SMILES string of the molecule is C#Cc1ccnc(-n2cc(C3CC3)c3c(N4C[C@@H](C)N(C(=O)OC(C)(C)C)C[C@@H]4C)ncnc32)c1. The maximum absolute atomic E-state index is 12.8. The van der Waals surface area contributed by atoms with Crippen LogP contribution in [-0.4, -0.2) is 61.3 Å². The largest absolute Gasteiger partial charge is 0.444 e. The Balaban J connectivity index is 1.54. The van der Waals surface area contributed by atoms with Gasteiger partial charge in [-0.1, -0.05) is 5.92 Å². The van der Waals surface area contributed by atoms with Gasteiger partial charge in [-0.25, -0.2) is 19.7 Å². The predicted octanol–water partition coefficient (Wildman–Crippen LogP) is 4.51. The molecule has 8 nitrogen and oxygen atoms in total. The number of amides is 1. The Kier molecular flexibility index (Phi) is 5.66. The molecule has 4 heterocycles. The summed E-state index contributed by atoms with van der Waals surface area (Å²) in [5.74, 6) is 4.84. The first-order valence-electron chi connectivity index (χ1n) is 12.2. The number of hydrogen-bond donors (Lipinski definition) is 0. The van der Waals surface area contributed by atoms with Crippen LogP contribution in [0.25, 0.3) is 16.9 Å². The molecule has 0 unspecified atom stereocenters. The van der Waals surface area contributed by atoms with E-state index in [0.29, 0.717) is 19.0 Å². The van der Waals surface area contributed by atoms with E-state index in [1.165, 1.54) is 5.56 Å². The molecule has 2 fully saturated rings. The molecule has 5 rings (SSSR count). The van der Waals surface area contributed by atoms with Gasteiger partial charge in [-0.3, -0.25) is 4.57 Å². The van der Waals surface area contributed by atoms with E-state index in [0.717, 1.165) is 41.1 Å². The van der Waals surface area contributed by atoms with Gasteiger partial charge < -0.3 is 14.5 Å². The molecule has 1 aliphatic carbocycles. The van der Waals surface area contributed by atoms with Gasteiger partial charge in [-0.15, -0.1) is 6.42 Å². The van der Waals surface area contributed by atoms with Gasteiger partial charge in [0.05, 0.1) is 5.39 Å². The summed E-state index contributed by atoms with van der Waals surface area (Å²) in [5, 5.41) is 1.06.